The lowest BCUT2D eigenvalue weighted by Gasteiger charge is -2.31. The molecule has 1 aromatic rings. The van der Waals surface area contributed by atoms with E-state index in [1.54, 1.807) is 6.92 Å². The lowest BCUT2D eigenvalue weighted by Crippen LogP contribution is -2.40. The van der Waals surface area contributed by atoms with Crippen LogP contribution >= 0.6 is 15.9 Å². The van der Waals surface area contributed by atoms with Gasteiger partial charge in [-0.05, 0) is 53.4 Å². The second kappa shape index (κ2) is 6.59. The largest absolute Gasteiger partial charge is 0.389 e. The summed E-state index contributed by atoms with van der Waals surface area (Å²) < 4.78 is 0.893. The number of primary amides is 1. The van der Waals surface area contributed by atoms with Crippen molar-refractivity contribution in [2.24, 2.45) is 5.73 Å². The number of hydrogen-bond acceptors (Lipinski definition) is 3. The van der Waals surface area contributed by atoms with E-state index in [0.717, 1.165) is 28.6 Å². The number of aliphatic hydroxyl groups is 1. The van der Waals surface area contributed by atoms with Crippen molar-refractivity contribution in [3.05, 3.63) is 28.2 Å². The number of benzene rings is 1. The molecule has 0 unspecified atom stereocenters. The fraction of sp³-hybridized carbons (Fsp3) is 0.533. The van der Waals surface area contributed by atoms with E-state index in [0.29, 0.717) is 6.04 Å². The number of anilines is 1. The van der Waals surface area contributed by atoms with Gasteiger partial charge >= 0.3 is 0 Å². The van der Waals surface area contributed by atoms with E-state index in [4.69, 9.17) is 5.73 Å². The molecule has 0 aromatic heterocycles. The van der Waals surface area contributed by atoms with Crippen LogP contribution in [0.4, 0.5) is 5.69 Å². The molecular weight excluding hydrogens is 320 g/mol. The molecule has 0 saturated heterocycles. The maximum Gasteiger partial charge on any atom is 0.236 e. The van der Waals surface area contributed by atoms with Crippen LogP contribution in [-0.2, 0) is 4.79 Å². The molecule has 2 rings (SSSR count). The second-order valence-corrected chi connectivity index (χ2v) is 6.27. The molecule has 1 atom stereocenters. The monoisotopic (exact) mass is 340 g/mol. The Morgan fingerprint density at radius 3 is 2.65 bits per heavy atom. The lowest BCUT2D eigenvalue weighted by molar-refractivity contribution is -0.116. The SMILES string of the molecule is C[C@@H](O)c1ccc(N(CC(N)=O)C2CCCC2)c(Br)c1. The Balaban J connectivity index is 2.30. The van der Waals surface area contributed by atoms with Gasteiger partial charge in [0.1, 0.15) is 0 Å². The van der Waals surface area contributed by atoms with Crippen LogP contribution in [0.2, 0.25) is 0 Å². The van der Waals surface area contributed by atoms with Gasteiger partial charge in [0, 0.05) is 10.5 Å². The number of carbonyl (C=O) groups is 1. The van der Waals surface area contributed by atoms with Crippen LogP contribution in [0, 0.1) is 0 Å². The van der Waals surface area contributed by atoms with Crippen molar-refractivity contribution in [2.75, 3.05) is 11.4 Å². The average molecular weight is 341 g/mol. The first-order valence-electron chi connectivity index (χ1n) is 7.01. The maximum atomic E-state index is 11.4. The van der Waals surface area contributed by atoms with E-state index in [1.807, 2.05) is 18.2 Å². The highest BCUT2D eigenvalue weighted by atomic mass is 79.9. The number of nitrogens with zero attached hydrogens (tertiary/aromatic N) is 1. The van der Waals surface area contributed by atoms with Crippen LogP contribution in [0.3, 0.4) is 0 Å². The van der Waals surface area contributed by atoms with Crippen LogP contribution in [0.15, 0.2) is 22.7 Å². The minimum absolute atomic E-state index is 0.233. The van der Waals surface area contributed by atoms with Crippen molar-refractivity contribution < 1.29 is 9.90 Å². The Labute approximate surface area is 128 Å². The first kappa shape index (κ1) is 15.3. The molecule has 1 aliphatic carbocycles. The number of halogens is 1. The summed E-state index contributed by atoms with van der Waals surface area (Å²) in [4.78, 5) is 13.4. The lowest BCUT2D eigenvalue weighted by atomic mass is 10.1. The summed E-state index contributed by atoms with van der Waals surface area (Å²) in [5.41, 5.74) is 7.22. The van der Waals surface area contributed by atoms with E-state index in [-0.39, 0.29) is 12.5 Å². The van der Waals surface area contributed by atoms with Crippen LogP contribution in [0.25, 0.3) is 0 Å². The zero-order valence-electron chi connectivity index (χ0n) is 11.7. The number of hydrogen-bond donors (Lipinski definition) is 2. The Morgan fingerprint density at radius 1 is 1.50 bits per heavy atom. The zero-order chi connectivity index (χ0) is 14.7. The Bertz CT molecular complexity index is 485. The van der Waals surface area contributed by atoms with Crippen LogP contribution in [-0.4, -0.2) is 23.6 Å². The highest BCUT2D eigenvalue weighted by molar-refractivity contribution is 9.10. The maximum absolute atomic E-state index is 11.4. The van der Waals surface area contributed by atoms with E-state index in [1.165, 1.54) is 12.8 Å². The molecule has 4 nitrogen and oxygen atoms in total. The summed E-state index contributed by atoms with van der Waals surface area (Å²) in [6.07, 6.45) is 4.08. The standard InChI is InChI=1S/C15H21BrN2O2/c1-10(19)11-6-7-14(13(16)8-11)18(9-15(17)20)12-4-2-3-5-12/h6-8,10,12,19H,2-5,9H2,1H3,(H2,17,20)/t10-/m1/s1. The average Bonchev–Trinajstić information content (AvgIpc) is 2.89. The molecule has 110 valence electrons. The number of aliphatic hydroxyl groups excluding tert-OH is 1. The third-order valence-corrected chi connectivity index (χ3v) is 4.49. The molecule has 0 radical (unpaired) electrons. The molecular formula is C15H21BrN2O2. The highest BCUT2D eigenvalue weighted by Gasteiger charge is 2.25. The quantitative estimate of drug-likeness (QED) is 0.865. The smallest absolute Gasteiger partial charge is 0.236 e. The van der Waals surface area contributed by atoms with Gasteiger partial charge in [0.2, 0.25) is 5.91 Å². The van der Waals surface area contributed by atoms with Crippen molar-refractivity contribution in [2.45, 2.75) is 44.8 Å². The van der Waals surface area contributed by atoms with E-state index >= 15 is 0 Å². The zero-order valence-corrected chi connectivity index (χ0v) is 13.3. The topological polar surface area (TPSA) is 66.6 Å². The summed E-state index contributed by atoms with van der Waals surface area (Å²) in [6, 6.07) is 6.13. The van der Waals surface area contributed by atoms with Gasteiger partial charge in [-0.15, -0.1) is 0 Å². The van der Waals surface area contributed by atoms with Gasteiger partial charge in [0.15, 0.2) is 0 Å². The first-order valence-corrected chi connectivity index (χ1v) is 7.81. The minimum atomic E-state index is -0.503. The molecule has 0 heterocycles. The molecule has 3 N–H and O–H groups in total. The molecule has 1 amide bonds. The third-order valence-electron chi connectivity index (χ3n) is 3.86. The van der Waals surface area contributed by atoms with Gasteiger partial charge in [0.05, 0.1) is 18.3 Å². The molecule has 1 aliphatic rings. The number of nitrogens with two attached hydrogens (primary N) is 1. The predicted octanol–water partition coefficient (Wildman–Crippen LogP) is 2.74. The molecule has 20 heavy (non-hydrogen) atoms. The third kappa shape index (κ3) is 3.52. The van der Waals surface area contributed by atoms with Gasteiger partial charge in [0.25, 0.3) is 0 Å². The molecule has 0 bridgehead atoms. The molecule has 5 heteroatoms. The van der Waals surface area contributed by atoms with Crippen molar-refractivity contribution >= 4 is 27.5 Å². The summed E-state index contributed by atoms with van der Waals surface area (Å²) in [5, 5.41) is 9.63. The van der Waals surface area contributed by atoms with Crippen LogP contribution in [0.1, 0.15) is 44.3 Å². The van der Waals surface area contributed by atoms with Crippen LogP contribution in [0.5, 0.6) is 0 Å². The summed E-state index contributed by atoms with van der Waals surface area (Å²) in [7, 11) is 0. The number of carbonyl (C=O) groups excluding carboxylic acids is 1. The van der Waals surface area contributed by atoms with Crippen LogP contribution < -0.4 is 10.6 Å². The Kier molecular flexibility index (Phi) is 5.05. The van der Waals surface area contributed by atoms with Gasteiger partial charge in [-0.2, -0.15) is 0 Å². The van der Waals surface area contributed by atoms with Crippen molar-refractivity contribution in [3.8, 4) is 0 Å². The molecule has 1 fully saturated rings. The molecule has 0 aliphatic heterocycles. The highest BCUT2D eigenvalue weighted by Crippen LogP contribution is 2.34. The summed E-state index contributed by atoms with van der Waals surface area (Å²) in [6.45, 7) is 1.97. The van der Waals surface area contributed by atoms with E-state index in [9.17, 15) is 9.90 Å². The Morgan fingerprint density at radius 2 is 2.15 bits per heavy atom. The van der Waals surface area contributed by atoms with Crippen molar-refractivity contribution in [3.63, 3.8) is 0 Å². The van der Waals surface area contributed by atoms with E-state index < -0.39 is 6.10 Å². The number of amides is 1. The van der Waals surface area contributed by atoms with Gasteiger partial charge in [-0.25, -0.2) is 0 Å². The normalized spacial score (nSPS) is 17.1. The van der Waals surface area contributed by atoms with Gasteiger partial charge in [-0.3, -0.25) is 4.79 Å². The van der Waals surface area contributed by atoms with Gasteiger partial charge in [-0.1, -0.05) is 18.9 Å². The number of rotatable bonds is 5. The fourth-order valence-corrected chi connectivity index (χ4v) is 3.43. The fourth-order valence-electron chi connectivity index (χ4n) is 2.81. The molecule has 1 aromatic carbocycles. The van der Waals surface area contributed by atoms with Crippen molar-refractivity contribution in [1.82, 2.24) is 0 Å². The minimum Gasteiger partial charge on any atom is -0.389 e. The summed E-state index contributed by atoms with van der Waals surface area (Å²) in [5.74, 6) is -0.316. The molecule has 1 saturated carbocycles. The Hall–Kier alpha value is -1.07. The second-order valence-electron chi connectivity index (χ2n) is 5.42. The van der Waals surface area contributed by atoms with E-state index in [2.05, 4.69) is 20.8 Å². The predicted molar refractivity (Wildman–Crippen MR) is 83.6 cm³/mol. The van der Waals surface area contributed by atoms with Gasteiger partial charge < -0.3 is 15.7 Å². The first-order chi connectivity index (χ1) is 9.49. The van der Waals surface area contributed by atoms with Crippen molar-refractivity contribution in [1.29, 1.82) is 0 Å². The summed E-state index contributed by atoms with van der Waals surface area (Å²) >= 11 is 3.55. The molecule has 0 spiro atoms.